The van der Waals surface area contributed by atoms with Gasteiger partial charge in [-0.2, -0.15) is 10.4 Å². The average molecular weight is 441 g/mol. The van der Waals surface area contributed by atoms with Gasteiger partial charge in [-0.1, -0.05) is 18.2 Å². The molecule has 4 rings (SSSR count). The zero-order valence-electron chi connectivity index (χ0n) is 17.5. The number of nitrogens with one attached hydrogen (secondary N) is 1. The molecule has 0 spiro atoms. The van der Waals surface area contributed by atoms with E-state index in [4.69, 9.17) is 4.42 Å². The van der Waals surface area contributed by atoms with Crippen LogP contribution in [0.4, 0.5) is 0 Å². The molecule has 0 bridgehead atoms. The molecule has 1 amide bonds. The maximum Gasteiger partial charge on any atom is 0.276 e. The Morgan fingerprint density at radius 1 is 1.29 bits per heavy atom. The number of rotatable bonds is 5. The fourth-order valence-electron chi connectivity index (χ4n) is 3.85. The Kier molecular flexibility index (Phi) is 7.10. The van der Waals surface area contributed by atoms with Crippen molar-refractivity contribution in [3.63, 3.8) is 0 Å². The van der Waals surface area contributed by atoms with Gasteiger partial charge in [-0.05, 0) is 51.9 Å². The minimum Gasteiger partial charge on any atom is -0.442 e. The first kappa shape index (κ1) is 22.5. The molecule has 1 aromatic carbocycles. The number of halogens is 1. The number of aromatic nitrogens is 3. The van der Waals surface area contributed by atoms with E-state index in [1.165, 1.54) is 6.26 Å². The van der Waals surface area contributed by atoms with E-state index in [2.05, 4.69) is 21.5 Å². The van der Waals surface area contributed by atoms with Crippen LogP contribution in [0.5, 0.6) is 0 Å². The van der Waals surface area contributed by atoms with Gasteiger partial charge in [0.2, 0.25) is 5.89 Å². The lowest BCUT2D eigenvalue weighted by atomic mass is 10.0. The summed E-state index contributed by atoms with van der Waals surface area (Å²) < 4.78 is 7.19. The predicted octanol–water partition coefficient (Wildman–Crippen LogP) is 3.42. The monoisotopic (exact) mass is 440 g/mol. The van der Waals surface area contributed by atoms with Crippen LogP contribution in [0.15, 0.2) is 47.2 Å². The third kappa shape index (κ3) is 4.63. The van der Waals surface area contributed by atoms with E-state index < -0.39 is 0 Å². The smallest absolute Gasteiger partial charge is 0.276 e. The van der Waals surface area contributed by atoms with Gasteiger partial charge in [0, 0.05) is 18.3 Å². The number of hydrogen-bond acceptors (Lipinski definition) is 6. The van der Waals surface area contributed by atoms with E-state index in [0.717, 1.165) is 31.6 Å². The van der Waals surface area contributed by atoms with Crippen molar-refractivity contribution in [1.29, 1.82) is 5.26 Å². The highest BCUT2D eigenvalue weighted by molar-refractivity contribution is 5.93. The molecule has 0 unspecified atom stereocenters. The molecule has 31 heavy (non-hydrogen) atoms. The second kappa shape index (κ2) is 9.77. The van der Waals surface area contributed by atoms with Crippen LogP contribution in [0.2, 0.25) is 0 Å². The fourth-order valence-corrected chi connectivity index (χ4v) is 3.85. The fraction of sp³-hybridized carbons (Fsp3) is 0.364. The van der Waals surface area contributed by atoms with Crippen molar-refractivity contribution >= 4 is 18.3 Å². The topological polar surface area (TPSA) is 100.0 Å². The highest BCUT2D eigenvalue weighted by atomic mass is 35.5. The molecular formula is C22H25ClN6O2. The van der Waals surface area contributed by atoms with Gasteiger partial charge in [0.05, 0.1) is 5.69 Å². The first-order valence-corrected chi connectivity index (χ1v) is 10.1. The Bertz CT molecular complexity index is 1060. The maximum atomic E-state index is 13.2. The molecule has 2 aromatic heterocycles. The Morgan fingerprint density at radius 2 is 2.00 bits per heavy atom. The lowest BCUT2D eigenvalue weighted by molar-refractivity contribution is 0.0559. The van der Waals surface area contributed by atoms with Gasteiger partial charge in [-0.25, -0.2) is 9.67 Å². The summed E-state index contributed by atoms with van der Waals surface area (Å²) in [4.78, 5) is 19.5. The molecule has 3 aromatic rings. The standard InChI is InChI=1S/C22H24N6O2.ClH/c1-15(2)28(18-8-10-24-11-9-18)22(29)19-14-30-21(25-19)20-16(12-23)13-27(26-20)17-6-4-3-5-7-17;/h3-7,13-15,18,24H,8-11H2,1-2H3;1H. The van der Waals surface area contributed by atoms with Gasteiger partial charge in [0.25, 0.3) is 5.91 Å². The molecular weight excluding hydrogens is 416 g/mol. The predicted molar refractivity (Wildman–Crippen MR) is 118 cm³/mol. The van der Waals surface area contributed by atoms with Gasteiger partial charge in [0.15, 0.2) is 11.4 Å². The molecule has 9 heteroatoms. The number of benzene rings is 1. The van der Waals surface area contributed by atoms with Crippen LogP contribution >= 0.6 is 12.4 Å². The molecule has 0 atom stereocenters. The lowest BCUT2D eigenvalue weighted by Gasteiger charge is -2.37. The van der Waals surface area contributed by atoms with E-state index in [-0.39, 0.29) is 42.0 Å². The van der Waals surface area contributed by atoms with Crippen LogP contribution in [0.3, 0.4) is 0 Å². The third-order valence-corrected chi connectivity index (χ3v) is 5.27. The van der Waals surface area contributed by atoms with Crippen LogP contribution in [-0.2, 0) is 0 Å². The van der Waals surface area contributed by atoms with Gasteiger partial charge in [0.1, 0.15) is 17.9 Å². The normalized spacial score (nSPS) is 14.1. The maximum absolute atomic E-state index is 13.2. The van der Waals surface area contributed by atoms with E-state index in [0.29, 0.717) is 11.3 Å². The van der Waals surface area contributed by atoms with Crippen molar-refractivity contribution in [2.24, 2.45) is 0 Å². The van der Waals surface area contributed by atoms with Crippen LogP contribution < -0.4 is 5.32 Å². The summed E-state index contributed by atoms with van der Waals surface area (Å²) in [6, 6.07) is 11.8. The number of carbonyl (C=O) groups is 1. The molecule has 1 saturated heterocycles. The summed E-state index contributed by atoms with van der Waals surface area (Å²) in [6.45, 7) is 5.81. The Hall–Kier alpha value is -3.15. The molecule has 8 nitrogen and oxygen atoms in total. The van der Waals surface area contributed by atoms with Crippen molar-refractivity contribution in [1.82, 2.24) is 25.0 Å². The molecule has 3 heterocycles. The van der Waals surface area contributed by atoms with Crippen molar-refractivity contribution in [2.75, 3.05) is 13.1 Å². The van der Waals surface area contributed by atoms with Gasteiger partial charge >= 0.3 is 0 Å². The number of carbonyl (C=O) groups excluding carboxylic acids is 1. The third-order valence-electron chi connectivity index (χ3n) is 5.27. The second-order valence-electron chi connectivity index (χ2n) is 7.61. The largest absolute Gasteiger partial charge is 0.442 e. The minimum absolute atomic E-state index is 0. The number of amides is 1. The van der Waals surface area contributed by atoms with E-state index >= 15 is 0 Å². The zero-order chi connectivity index (χ0) is 21.1. The molecule has 1 fully saturated rings. The Balaban J connectivity index is 0.00000272. The minimum atomic E-state index is -0.159. The summed E-state index contributed by atoms with van der Waals surface area (Å²) in [5.74, 6) is 0.00602. The van der Waals surface area contributed by atoms with Gasteiger partial charge in [-0.15, -0.1) is 12.4 Å². The van der Waals surface area contributed by atoms with Crippen LogP contribution in [0, 0.1) is 11.3 Å². The molecule has 0 radical (unpaired) electrons. The highest BCUT2D eigenvalue weighted by Crippen LogP contribution is 2.25. The SMILES string of the molecule is CC(C)N(C(=O)c1coc(-c2nn(-c3ccccc3)cc2C#N)n1)C1CCNCC1.Cl. The first-order valence-electron chi connectivity index (χ1n) is 10.1. The highest BCUT2D eigenvalue weighted by Gasteiger charge is 2.30. The summed E-state index contributed by atoms with van der Waals surface area (Å²) in [6.07, 6.45) is 4.81. The quantitative estimate of drug-likeness (QED) is 0.652. The molecule has 0 aliphatic carbocycles. The number of nitriles is 1. The Morgan fingerprint density at radius 3 is 2.65 bits per heavy atom. The zero-order valence-corrected chi connectivity index (χ0v) is 18.3. The van der Waals surface area contributed by atoms with Crippen molar-refractivity contribution < 1.29 is 9.21 Å². The second-order valence-corrected chi connectivity index (χ2v) is 7.61. The van der Waals surface area contributed by atoms with Crippen LogP contribution in [0.1, 0.15) is 42.7 Å². The molecule has 0 saturated carbocycles. The van der Waals surface area contributed by atoms with Crippen LogP contribution in [-0.4, -0.2) is 50.7 Å². The number of oxazole rings is 1. The summed E-state index contributed by atoms with van der Waals surface area (Å²) in [7, 11) is 0. The van der Waals surface area contributed by atoms with E-state index in [1.54, 1.807) is 10.9 Å². The summed E-state index contributed by atoms with van der Waals surface area (Å²) >= 11 is 0. The Labute approximate surface area is 187 Å². The number of piperidine rings is 1. The van der Waals surface area contributed by atoms with Gasteiger partial charge in [-0.3, -0.25) is 4.79 Å². The molecule has 1 aliphatic rings. The summed E-state index contributed by atoms with van der Waals surface area (Å²) in [5, 5.41) is 17.3. The molecule has 1 aliphatic heterocycles. The average Bonchev–Trinajstić information content (AvgIpc) is 3.42. The number of hydrogen-bond donors (Lipinski definition) is 1. The van der Waals surface area contributed by atoms with Crippen LogP contribution in [0.25, 0.3) is 17.3 Å². The molecule has 1 N–H and O–H groups in total. The van der Waals surface area contributed by atoms with E-state index in [1.807, 2.05) is 49.1 Å². The van der Waals surface area contributed by atoms with E-state index in [9.17, 15) is 10.1 Å². The van der Waals surface area contributed by atoms with Crippen molar-refractivity contribution in [3.8, 4) is 23.3 Å². The number of nitrogens with zero attached hydrogens (tertiary/aromatic N) is 5. The first-order chi connectivity index (χ1) is 14.6. The summed E-state index contributed by atoms with van der Waals surface area (Å²) in [5.41, 5.74) is 1.70. The van der Waals surface area contributed by atoms with Gasteiger partial charge < -0.3 is 14.6 Å². The lowest BCUT2D eigenvalue weighted by Crippen LogP contribution is -2.49. The number of para-hydroxylation sites is 1. The molecule has 162 valence electrons. The van der Waals surface area contributed by atoms with Crippen molar-refractivity contribution in [3.05, 3.63) is 54.0 Å². The van der Waals surface area contributed by atoms with Crippen molar-refractivity contribution in [2.45, 2.75) is 38.8 Å².